The predicted octanol–water partition coefficient (Wildman–Crippen LogP) is 2.74. The lowest BCUT2D eigenvalue weighted by molar-refractivity contribution is -0.138. The molecule has 2 aromatic rings. The number of carbonyl (C=O) groups is 1. The highest BCUT2D eigenvalue weighted by Crippen LogP contribution is 2.52. The molecule has 0 unspecified atom stereocenters. The first-order chi connectivity index (χ1) is 13.7. The van der Waals surface area contributed by atoms with Gasteiger partial charge in [0.2, 0.25) is 15.9 Å². The van der Waals surface area contributed by atoms with Crippen LogP contribution in [0.5, 0.6) is 0 Å². The average Bonchev–Trinajstić information content (AvgIpc) is 3.40. The van der Waals surface area contributed by atoms with Crippen molar-refractivity contribution in [2.75, 3.05) is 25.9 Å². The van der Waals surface area contributed by atoms with Crippen LogP contribution < -0.4 is 4.72 Å². The van der Waals surface area contributed by atoms with Crippen LogP contribution in [0.4, 0.5) is 8.78 Å². The van der Waals surface area contributed by atoms with Gasteiger partial charge in [0.15, 0.2) is 0 Å². The summed E-state index contributed by atoms with van der Waals surface area (Å²) in [6, 6.07) is 10.9. The number of benzene rings is 2. The summed E-state index contributed by atoms with van der Waals surface area (Å²) in [5.41, 5.74) is 1.21. The molecule has 154 valence electrons. The van der Waals surface area contributed by atoms with E-state index in [9.17, 15) is 22.0 Å². The van der Waals surface area contributed by atoms with Gasteiger partial charge >= 0.3 is 0 Å². The van der Waals surface area contributed by atoms with Crippen LogP contribution in [0.25, 0.3) is 11.1 Å². The maximum absolute atomic E-state index is 14.3. The van der Waals surface area contributed by atoms with Crippen LogP contribution in [0.1, 0.15) is 17.9 Å². The van der Waals surface area contributed by atoms with Crippen LogP contribution in [0.2, 0.25) is 0 Å². The second-order valence-electron chi connectivity index (χ2n) is 7.86. The molecule has 0 radical (unpaired) electrons. The van der Waals surface area contributed by atoms with E-state index in [1.807, 2.05) is 12.1 Å². The fourth-order valence-corrected chi connectivity index (χ4v) is 4.54. The molecule has 1 aliphatic heterocycles. The Labute approximate surface area is 168 Å². The highest BCUT2D eigenvalue weighted by Gasteiger charge is 2.48. The Kier molecular flexibility index (Phi) is 5.16. The van der Waals surface area contributed by atoms with E-state index >= 15 is 0 Å². The summed E-state index contributed by atoms with van der Waals surface area (Å²) in [4.78, 5) is 14.5. The molecule has 1 N–H and O–H groups in total. The molecule has 1 aliphatic carbocycles. The third-order valence-corrected chi connectivity index (χ3v) is 6.29. The van der Waals surface area contributed by atoms with Crippen LogP contribution in [-0.4, -0.2) is 45.1 Å². The first-order valence-electron chi connectivity index (χ1n) is 9.51. The fraction of sp³-hybridized carbons (Fsp3) is 0.381. The van der Waals surface area contributed by atoms with E-state index in [1.165, 1.54) is 18.2 Å². The van der Waals surface area contributed by atoms with Crippen molar-refractivity contribution in [2.45, 2.75) is 12.3 Å². The summed E-state index contributed by atoms with van der Waals surface area (Å²) in [6.45, 7) is 1.37. The second kappa shape index (κ2) is 7.50. The Bertz CT molecular complexity index is 1030. The SMILES string of the molecule is CS(=O)(=O)NCC1CN(C(=O)[C@@H]2C[C@H]2c2ccccc2-c2c(F)cccc2F)C1. The van der Waals surface area contributed by atoms with Gasteiger partial charge in [-0.1, -0.05) is 30.3 Å². The highest BCUT2D eigenvalue weighted by molar-refractivity contribution is 7.88. The number of halogens is 2. The number of nitrogens with one attached hydrogen (secondary N) is 1. The van der Waals surface area contributed by atoms with Crippen molar-refractivity contribution in [3.05, 3.63) is 59.7 Å². The van der Waals surface area contributed by atoms with Gasteiger partial charge in [-0.25, -0.2) is 21.9 Å². The summed E-state index contributed by atoms with van der Waals surface area (Å²) in [7, 11) is -3.23. The molecule has 1 amide bonds. The molecule has 2 aromatic carbocycles. The average molecular weight is 420 g/mol. The zero-order valence-electron chi connectivity index (χ0n) is 15.9. The quantitative estimate of drug-likeness (QED) is 0.782. The lowest BCUT2D eigenvalue weighted by Gasteiger charge is -2.39. The van der Waals surface area contributed by atoms with Gasteiger partial charge < -0.3 is 4.90 Å². The Morgan fingerprint density at radius 2 is 1.76 bits per heavy atom. The molecule has 29 heavy (non-hydrogen) atoms. The minimum atomic E-state index is -3.23. The van der Waals surface area contributed by atoms with E-state index < -0.39 is 21.7 Å². The Balaban J connectivity index is 1.44. The van der Waals surface area contributed by atoms with E-state index in [0.717, 1.165) is 11.8 Å². The van der Waals surface area contributed by atoms with E-state index in [0.29, 0.717) is 31.6 Å². The lowest BCUT2D eigenvalue weighted by atomic mass is 9.94. The van der Waals surface area contributed by atoms with Crippen LogP contribution in [0.3, 0.4) is 0 Å². The van der Waals surface area contributed by atoms with Gasteiger partial charge in [-0.3, -0.25) is 4.79 Å². The molecule has 2 fully saturated rings. The molecule has 2 aliphatic rings. The van der Waals surface area contributed by atoms with Crippen molar-refractivity contribution in [3.8, 4) is 11.1 Å². The number of sulfonamides is 1. The van der Waals surface area contributed by atoms with Gasteiger partial charge in [0, 0.05) is 31.5 Å². The Morgan fingerprint density at radius 3 is 2.41 bits per heavy atom. The Hall–Kier alpha value is -2.32. The molecule has 1 saturated heterocycles. The predicted molar refractivity (Wildman–Crippen MR) is 106 cm³/mol. The van der Waals surface area contributed by atoms with Crippen LogP contribution in [-0.2, 0) is 14.8 Å². The van der Waals surface area contributed by atoms with E-state index in [4.69, 9.17) is 0 Å². The molecule has 1 saturated carbocycles. The molecule has 5 nitrogen and oxygen atoms in total. The zero-order chi connectivity index (χ0) is 20.8. The van der Waals surface area contributed by atoms with Crippen LogP contribution in [0.15, 0.2) is 42.5 Å². The third kappa shape index (κ3) is 4.18. The maximum atomic E-state index is 14.3. The fourth-order valence-electron chi connectivity index (χ4n) is 4.00. The van der Waals surface area contributed by atoms with Crippen molar-refractivity contribution in [2.24, 2.45) is 11.8 Å². The van der Waals surface area contributed by atoms with Crippen molar-refractivity contribution >= 4 is 15.9 Å². The number of rotatable bonds is 6. The normalized spacial score (nSPS) is 21.7. The molecular weight excluding hydrogens is 398 g/mol. The van der Waals surface area contributed by atoms with Crippen molar-refractivity contribution < 1.29 is 22.0 Å². The highest BCUT2D eigenvalue weighted by atomic mass is 32.2. The van der Waals surface area contributed by atoms with Crippen LogP contribution in [0, 0.1) is 23.5 Å². The van der Waals surface area contributed by atoms with Gasteiger partial charge in [0.25, 0.3) is 0 Å². The second-order valence-corrected chi connectivity index (χ2v) is 9.70. The Morgan fingerprint density at radius 1 is 1.10 bits per heavy atom. The molecule has 2 atom stereocenters. The molecule has 1 heterocycles. The summed E-state index contributed by atoms with van der Waals surface area (Å²) in [5.74, 6) is -1.37. The van der Waals surface area contributed by atoms with E-state index in [-0.39, 0.29) is 29.2 Å². The standard InChI is InChI=1S/C21H22F2N2O3S/c1-29(27,28)24-10-13-11-25(12-13)21(26)17-9-16(17)14-5-2-3-6-15(14)20-18(22)7-4-8-19(20)23/h2-8,13,16-17,24H,9-12H2,1H3/t16-,17+/m0/s1. The van der Waals surface area contributed by atoms with Gasteiger partial charge in [0.1, 0.15) is 11.6 Å². The summed E-state index contributed by atoms with van der Waals surface area (Å²) < 4.78 is 53.4. The number of carbonyl (C=O) groups excluding carboxylic acids is 1. The van der Waals surface area contributed by atoms with Crippen molar-refractivity contribution in [1.82, 2.24) is 9.62 Å². The van der Waals surface area contributed by atoms with Crippen molar-refractivity contribution in [3.63, 3.8) is 0 Å². The summed E-state index contributed by atoms with van der Waals surface area (Å²) >= 11 is 0. The molecule has 4 rings (SSSR count). The minimum Gasteiger partial charge on any atom is -0.342 e. The van der Waals surface area contributed by atoms with Gasteiger partial charge in [-0.05, 0) is 35.6 Å². The van der Waals surface area contributed by atoms with Crippen molar-refractivity contribution in [1.29, 1.82) is 0 Å². The molecule has 0 aromatic heterocycles. The van der Waals surface area contributed by atoms with Gasteiger partial charge in [-0.15, -0.1) is 0 Å². The molecule has 8 heteroatoms. The maximum Gasteiger partial charge on any atom is 0.226 e. The molecule has 0 spiro atoms. The lowest BCUT2D eigenvalue weighted by Crippen LogP contribution is -2.54. The molecular formula is C21H22F2N2O3S. The third-order valence-electron chi connectivity index (χ3n) is 5.60. The van der Waals surface area contributed by atoms with Gasteiger partial charge in [0.05, 0.1) is 11.8 Å². The number of hydrogen-bond donors (Lipinski definition) is 1. The monoisotopic (exact) mass is 420 g/mol. The zero-order valence-corrected chi connectivity index (χ0v) is 16.8. The summed E-state index contributed by atoms with van der Waals surface area (Å²) in [5, 5.41) is 0. The number of amides is 1. The smallest absolute Gasteiger partial charge is 0.226 e. The summed E-state index contributed by atoms with van der Waals surface area (Å²) in [6.07, 6.45) is 1.76. The number of likely N-dealkylation sites (tertiary alicyclic amines) is 1. The first-order valence-corrected chi connectivity index (χ1v) is 11.4. The van der Waals surface area contributed by atoms with E-state index in [2.05, 4.69) is 4.72 Å². The van der Waals surface area contributed by atoms with Gasteiger partial charge in [-0.2, -0.15) is 0 Å². The first kappa shape index (κ1) is 20.0. The largest absolute Gasteiger partial charge is 0.342 e. The minimum absolute atomic E-state index is 0.0226. The van der Waals surface area contributed by atoms with Crippen LogP contribution >= 0.6 is 0 Å². The molecule has 0 bridgehead atoms. The number of nitrogens with zero attached hydrogens (tertiary/aromatic N) is 1. The number of hydrogen-bond acceptors (Lipinski definition) is 3. The topological polar surface area (TPSA) is 66.5 Å². The van der Waals surface area contributed by atoms with E-state index in [1.54, 1.807) is 17.0 Å².